The second-order valence-electron chi connectivity index (χ2n) is 7.95. The van der Waals surface area contributed by atoms with Crippen LogP contribution in [0.1, 0.15) is 0 Å². The standard InChI is InChI=1S/C24H27ClN6/c1-29(2)13-14-30(3)23-10-9-17(15-20(23)25)27-24-26-12-11-21(28-24)19-16-31(4)22-8-6-5-7-18(19)22/h5-12,15-16H,13-14H2,1-4H3,(H,26,27,28). The van der Waals surface area contributed by atoms with Gasteiger partial charge in [-0.05, 0) is 44.4 Å². The normalized spacial score (nSPS) is 11.3. The molecule has 0 aliphatic rings. The van der Waals surface area contributed by atoms with Gasteiger partial charge in [-0.15, -0.1) is 0 Å². The second kappa shape index (κ2) is 8.96. The average Bonchev–Trinajstić information content (AvgIpc) is 3.09. The molecule has 31 heavy (non-hydrogen) atoms. The van der Waals surface area contributed by atoms with Crippen LogP contribution in [0.2, 0.25) is 5.02 Å². The second-order valence-corrected chi connectivity index (χ2v) is 8.36. The molecule has 4 aromatic rings. The first-order chi connectivity index (χ1) is 14.9. The Morgan fingerprint density at radius 3 is 2.61 bits per heavy atom. The summed E-state index contributed by atoms with van der Waals surface area (Å²) in [6.45, 7) is 1.86. The maximum Gasteiger partial charge on any atom is 0.227 e. The van der Waals surface area contributed by atoms with Crippen molar-refractivity contribution >= 4 is 39.8 Å². The largest absolute Gasteiger partial charge is 0.372 e. The number of benzene rings is 2. The van der Waals surface area contributed by atoms with Gasteiger partial charge < -0.3 is 19.7 Å². The van der Waals surface area contributed by atoms with Crippen molar-refractivity contribution in [1.29, 1.82) is 0 Å². The van der Waals surface area contributed by atoms with E-state index in [0.717, 1.165) is 35.7 Å². The van der Waals surface area contributed by atoms with Gasteiger partial charge in [0.05, 0.1) is 16.4 Å². The predicted octanol–water partition coefficient (Wildman–Crippen LogP) is 5.03. The van der Waals surface area contributed by atoms with Crippen LogP contribution in [-0.4, -0.2) is 53.7 Å². The molecule has 0 atom stereocenters. The summed E-state index contributed by atoms with van der Waals surface area (Å²) in [5.41, 5.74) is 4.98. The van der Waals surface area contributed by atoms with Gasteiger partial charge in [0.15, 0.2) is 0 Å². The highest BCUT2D eigenvalue weighted by Crippen LogP contribution is 2.31. The smallest absolute Gasteiger partial charge is 0.227 e. The van der Waals surface area contributed by atoms with Crippen LogP contribution in [0.25, 0.3) is 22.2 Å². The summed E-state index contributed by atoms with van der Waals surface area (Å²) >= 11 is 6.56. The molecular formula is C24H27ClN6. The maximum absolute atomic E-state index is 6.56. The highest BCUT2D eigenvalue weighted by molar-refractivity contribution is 6.33. The lowest BCUT2D eigenvalue weighted by Crippen LogP contribution is -2.28. The lowest BCUT2D eigenvalue weighted by Gasteiger charge is -2.23. The minimum absolute atomic E-state index is 0.537. The van der Waals surface area contributed by atoms with Gasteiger partial charge in [0, 0.05) is 61.7 Å². The van der Waals surface area contributed by atoms with E-state index in [1.807, 2.05) is 43.4 Å². The van der Waals surface area contributed by atoms with Crippen molar-refractivity contribution in [1.82, 2.24) is 19.4 Å². The van der Waals surface area contributed by atoms with E-state index in [0.29, 0.717) is 11.0 Å². The molecule has 0 radical (unpaired) electrons. The van der Waals surface area contributed by atoms with Crippen molar-refractivity contribution in [3.63, 3.8) is 0 Å². The van der Waals surface area contributed by atoms with E-state index in [2.05, 4.69) is 64.1 Å². The molecule has 1 N–H and O–H groups in total. The molecule has 0 aliphatic heterocycles. The number of likely N-dealkylation sites (N-methyl/N-ethyl adjacent to an activating group) is 2. The zero-order valence-corrected chi connectivity index (χ0v) is 19.1. The Labute approximate surface area is 188 Å². The summed E-state index contributed by atoms with van der Waals surface area (Å²) in [7, 11) is 8.23. The number of hydrogen-bond donors (Lipinski definition) is 1. The average molecular weight is 435 g/mol. The van der Waals surface area contributed by atoms with Crippen LogP contribution in [0.5, 0.6) is 0 Å². The first-order valence-corrected chi connectivity index (χ1v) is 10.6. The van der Waals surface area contributed by atoms with Crippen molar-refractivity contribution in [2.75, 3.05) is 44.4 Å². The van der Waals surface area contributed by atoms with Gasteiger partial charge in [0.1, 0.15) is 0 Å². The molecule has 0 saturated heterocycles. The van der Waals surface area contributed by atoms with Crippen molar-refractivity contribution in [2.45, 2.75) is 0 Å². The third-order valence-corrected chi connectivity index (χ3v) is 5.63. The fourth-order valence-corrected chi connectivity index (χ4v) is 3.93. The van der Waals surface area contributed by atoms with Crippen LogP contribution in [0.3, 0.4) is 0 Å². The van der Waals surface area contributed by atoms with Crippen LogP contribution in [-0.2, 0) is 7.05 Å². The Balaban J connectivity index is 1.56. The van der Waals surface area contributed by atoms with Crippen LogP contribution >= 0.6 is 11.6 Å². The van der Waals surface area contributed by atoms with Gasteiger partial charge in [-0.25, -0.2) is 9.97 Å². The summed E-state index contributed by atoms with van der Waals surface area (Å²) in [5, 5.41) is 5.15. The molecule has 0 saturated carbocycles. The molecule has 2 aromatic carbocycles. The third kappa shape index (κ3) is 4.65. The van der Waals surface area contributed by atoms with Gasteiger partial charge in [0.2, 0.25) is 5.95 Å². The molecule has 0 amide bonds. The molecule has 7 heteroatoms. The van der Waals surface area contributed by atoms with Crippen LogP contribution in [0.15, 0.2) is 60.9 Å². The molecule has 0 unspecified atom stereocenters. The zero-order chi connectivity index (χ0) is 22.0. The fraction of sp³-hybridized carbons (Fsp3) is 0.250. The van der Waals surface area contributed by atoms with E-state index in [9.17, 15) is 0 Å². The first-order valence-electron chi connectivity index (χ1n) is 10.2. The van der Waals surface area contributed by atoms with E-state index < -0.39 is 0 Å². The molecule has 0 spiro atoms. The lowest BCUT2D eigenvalue weighted by atomic mass is 10.1. The van der Waals surface area contributed by atoms with Crippen molar-refractivity contribution in [2.24, 2.45) is 7.05 Å². The number of para-hydroxylation sites is 1. The van der Waals surface area contributed by atoms with Gasteiger partial charge in [0.25, 0.3) is 0 Å². The number of halogens is 1. The van der Waals surface area contributed by atoms with E-state index in [1.54, 1.807) is 6.20 Å². The molecule has 0 bridgehead atoms. The third-order valence-electron chi connectivity index (χ3n) is 5.33. The van der Waals surface area contributed by atoms with Gasteiger partial charge in [-0.2, -0.15) is 0 Å². The van der Waals surface area contributed by atoms with Crippen LogP contribution in [0, 0.1) is 0 Å². The molecule has 0 fully saturated rings. The number of aromatic nitrogens is 3. The summed E-state index contributed by atoms with van der Waals surface area (Å²) in [5.74, 6) is 0.537. The molecule has 4 rings (SSSR count). The van der Waals surface area contributed by atoms with Crippen molar-refractivity contribution in [3.05, 3.63) is 65.9 Å². The monoisotopic (exact) mass is 434 g/mol. The summed E-state index contributed by atoms with van der Waals surface area (Å²) in [6, 6.07) is 16.2. The van der Waals surface area contributed by atoms with Crippen LogP contribution in [0.4, 0.5) is 17.3 Å². The van der Waals surface area contributed by atoms with E-state index in [-0.39, 0.29) is 0 Å². The Kier molecular flexibility index (Phi) is 6.11. The van der Waals surface area contributed by atoms with E-state index in [4.69, 9.17) is 16.6 Å². The van der Waals surface area contributed by atoms with Crippen molar-refractivity contribution in [3.8, 4) is 11.3 Å². The Morgan fingerprint density at radius 1 is 1.03 bits per heavy atom. The lowest BCUT2D eigenvalue weighted by molar-refractivity contribution is 0.416. The summed E-state index contributed by atoms with van der Waals surface area (Å²) in [6.07, 6.45) is 3.88. The molecular weight excluding hydrogens is 408 g/mol. The van der Waals surface area contributed by atoms with Gasteiger partial charge >= 0.3 is 0 Å². The van der Waals surface area contributed by atoms with Crippen LogP contribution < -0.4 is 10.2 Å². The number of fused-ring (bicyclic) bond motifs is 1. The number of nitrogens with one attached hydrogen (secondary N) is 1. The van der Waals surface area contributed by atoms with Gasteiger partial charge in [-0.3, -0.25) is 0 Å². The number of rotatable bonds is 7. The highest BCUT2D eigenvalue weighted by Gasteiger charge is 2.12. The predicted molar refractivity (Wildman–Crippen MR) is 131 cm³/mol. The van der Waals surface area contributed by atoms with E-state index >= 15 is 0 Å². The SMILES string of the molecule is CN(C)CCN(C)c1ccc(Nc2nccc(-c3cn(C)c4ccccc34)n2)cc1Cl. The Morgan fingerprint density at radius 2 is 1.84 bits per heavy atom. The Hall–Kier alpha value is -3.09. The van der Waals surface area contributed by atoms with E-state index in [1.165, 1.54) is 10.9 Å². The summed E-state index contributed by atoms with van der Waals surface area (Å²) < 4.78 is 2.12. The fourth-order valence-electron chi connectivity index (χ4n) is 3.61. The number of aryl methyl sites for hydroxylation is 1. The quantitative estimate of drug-likeness (QED) is 0.442. The molecule has 6 nitrogen and oxygen atoms in total. The number of hydrogen-bond acceptors (Lipinski definition) is 5. The molecule has 2 aromatic heterocycles. The minimum atomic E-state index is 0.537. The maximum atomic E-state index is 6.56. The number of anilines is 3. The minimum Gasteiger partial charge on any atom is -0.372 e. The summed E-state index contributed by atoms with van der Waals surface area (Å²) in [4.78, 5) is 13.4. The molecule has 0 aliphatic carbocycles. The Bertz CT molecular complexity index is 1200. The van der Waals surface area contributed by atoms with Gasteiger partial charge in [-0.1, -0.05) is 29.8 Å². The first kappa shape index (κ1) is 21.2. The number of nitrogens with zero attached hydrogens (tertiary/aromatic N) is 5. The topological polar surface area (TPSA) is 49.2 Å². The molecule has 2 heterocycles. The van der Waals surface area contributed by atoms with Crippen molar-refractivity contribution < 1.29 is 0 Å². The zero-order valence-electron chi connectivity index (χ0n) is 18.3. The highest BCUT2D eigenvalue weighted by atomic mass is 35.5. The molecule has 160 valence electrons.